The fraction of sp³-hybridized carbons (Fsp3) is 0.0909. The minimum absolute atomic E-state index is 0.336. The second-order valence-electron chi connectivity index (χ2n) is 6.51. The predicted octanol–water partition coefficient (Wildman–Crippen LogP) is 5.53. The Bertz CT molecular complexity index is 1230. The Labute approximate surface area is 160 Å². The van der Waals surface area contributed by atoms with Crippen LogP contribution in [-0.2, 0) is 0 Å². The van der Waals surface area contributed by atoms with Gasteiger partial charge in [0.2, 0.25) is 0 Å². The normalized spacial score (nSPS) is 11.2. The number of hydrogen-bond donors (Lipinski definition) is 2. The molecule has 0 unspecified atom stereocenters. The van der Waals surface area contributed by atoms with Gasteiger partial charge in [-0.1, -0.05) is 58.4 Å². The van der Waals surface area contributed by atoms with E-state index in [0.29, 0.717) is 11.3 Å². The number of halogens is 1. The molecule has 3 aromatic carbocycles. The van der Waals surface area contributed by atoms with Crippen LogP contribution in [0.1, 0.15) is 16.7 Å². The van der Waals surface area contributed by atoms with Gasteiger partial charge in [0.05, 0.1) is 5.52 Å². The summed E-state index contributed by atoms with van der Waals surface area (Å²) in [4.78, 5) is 0. The number of aryl methyl sites for hydroxylation is 2. The van der Waals surface area contributed by atoms with Gasteiger partial charge in [0.15, 0.2) is 0 Å². The molecule has 0 amide bonds. The molecule has 0 aliphatic carbocycles. The molecule has 0 spiro atoms. The van der Waals surface area contributed by atoms with Gasteiger partial charge in [0.25, 0.3) is 0 Å². The first kappa shape index (κ1) is 16.7. The average Bonchev–Trinajstić information content (AvgIpc) is 2.62. The Morgan fingerprint density at radius 3 is 2.19 bits per heavy atom. The van der Waals surface area contributed by atoms with Gasteiger partial charge in [-0.25, -0.2) is 0 Å². The lowest BCUT2D eigenvalue weighted by atomic mass is 10.0. The number of nitrogens with one attached hydrogen (secondary N) is 2. The van der Waals surface area contributed by atoms with E-state index in [-0.39, 0.29) is 0 Å². The monoisotopic (exact) mass is 403 g/mol. The smallest absolute Gasteiger partial charge is 0.139 e. The molecule has 4 aromatic rings. The van der Waals surface area contributed by atoms with Gasteiger partial charge < -0.3 is 0 Å². The second-order valence-corrected chi connectivity index (χ2v) is 7.42. The van der Waals surface area contributed by atoms with Crippen molar-refractivity contribution in [2.24, 2.45) is 0 Å². The van der Waals surface area contributed by atoms with E-state index in [2.05, 4.69) is 22.0 Å². The van der Waals surface area contributed by atoms with Gasteiger partial charge >= 0.3 is 0 Å². The molecule has 26 heavy (non-hydrogen) atoms. The number of fused-ring (bicyclic) bond motifs is 3. The molecule has 3 nitrogen and oxygen atoms in total. The van der Waals surface area contributed by atoms with Crippen molar-refractivity contribution < 1.29 is 0 Å². The molecule has 4 heteroatoms. The maximum absolute atomic E-state index is 8.94. The number of nitrogens with zero attached hydrogens (tertiary/aromatic N) is 1. The van der Waals surface area contributed by atoms with Gasteiger partial charge in [0.1, 0.15) is 11.3 Å². The minimum Gasteiger partial charge on any atom is -0.283 e. The van der Waals surface area contributed by atoms with E-state index in [1.807, 2.05) is 68.4 Å². The van der Waals surface area contributed by atoms with Crippen molar-refractivity contribution in [2.75, 3.05) is 0 Å². The van der Waals surface area contributed by atoms with Crippen LogP contribution in [0, 0.1) is 24.7 Å². The third-order valence-corrected chi connectivity index (χ3v) is 5.33. The van der Waals surface area contributed by atoms with Crippen LogP contribution in [0.5, 0.6) is 0 Å². The quantitative estimate of drug-likeness (QED) is 0.238. The van der Waals surface area contributed by atoms with Crippen molar-refractivity contribution in [3.05, 3.63) is 87.3 Å². The highest BCUT2D eigenvalue weighted by molar-refractivity contribution is 9.10. The molecule has 0 bridgehead atoms. The lowest BCUT2D eigenvalue weighted by molar-refractivity contribution is 1.02. The van der Waals surface area contributed by atoms with E-state index >= 15 is 0 Å². The summed E-state index contributed by atoms with van der Waals surface area (Å²) in [5.74, 6) is 0.337. The Kier molecular flexibility index (Phi) is 4.00. The molecule has 2 N–H and O–H groups in total. The van der Waals surface area contributed by atoms with Crippen molar-refractivity contribution >= 4 is 43.4 Å². The molecule has 0 atom stereocenters. The molecule has 128 valence electrons. The zero-order chi connectivity index (χ0) is 18.4. The van der Waals surface area contributed by atoms with Crippen LogP contribution in [-0.4, -0.2) is 10.4 Å². The van der Waals surface area contributed by atoms with Crippen molar-refractivity contribution in [2.45, 2.75) is 13.8 Å². The van der Waals surface area contributed by atoms with Crippen LogP contribution in [0.2, 0.25) is 0 Å². The average molecular weight is 404 g/mol. The molecule has 0 fully saturated rings. The maximum atomic E-state index is 8.94. The van der Waals surface area contributed by atoms with E-state index < -0.39 is 0 Å². The summed E-state index contributed by atoms with van der Waals surface area (Å²) in [7, 11) is 0. The summed E-state index contributed by atoms with van der Waals surface area (Å²) in [6.45, 7) is 4.03. The largest absolute Gasteiger partial charge is 0.283 e. The highest BCUT2D eigenvalue weighted by Gasteiger charge is 2.16. The summed E-state index contributed by atoms with van der Waals surface area (Å²) < 4.78 is 2.73. The second kappa shape index (κ2) is 6.22. The highest BCUT2D eigenvalue weighted by atomic mass is 79.9. The van der Waals surface area contributed by atoms with Gasteiger partial charge in [-0.2, -0.15) is 0 Å². The standard InChI is InChI=1S/C22H18BrN3/c1-13-6-5-7-14(2)20(13)22(25)26-19-11-10-15(23)12-18(19)16-8-3-4-9-17(16)21(26)24/h3-12,24-25H,1-2H3. The maximum Gasteiger partial charge on any atom is 0.139 e. The number of pyridine rings is 1. The van der Waals surface area contributed by atoms with Crippen LogP contribution in [0.25, 0.3) is 21.7 Å². The number of benzene rings is 3. The Morgan fingerprint density at radius 1 is 0.846 bits per heavy atom. The zero-order valence-electron chi connectivity index (χ0n) is 14.6. The fourth-order valence-electron chi connectivity index (χ4n) is 3.62. The molecule has 0 saturated heterocycles. The minimum atomic E-state index is 0.336. The van der Waals surface area contributed by atoms with E-state index in [4.69, 9.17) is 10.8 Å². The number of rotatable bonds is 1. The van der Waals surface area contributed by atoms with Gasteiger partial charge in [0, 0.05) is 20.8 Å². The summed E-state index contributed by atoms with van der Waals surface area (Å²) >= 11 is 3.56. The molecular formula is C22H18BrN3. The van der Waals surface area contributed by atoms with E-state index in [0.717, 1.165) is 42.8 Å². The van der Waals surface area contributed by atoms with Crippen molar-refractivity contribution in [3.8, 4) is 0 Å². The van der Waals surface area contributed by atoms with Gasteiger partial charge in [-0.05, 0) is 48.6 Å². The highest BCUT2D eigenvalue weighted by Crippen LogP contribution is 2.27. The van der Waals surface area contributed by atoms with Crippen molar-refractivity contribution in [1.29, 1.82) is 10.8 Å². The molecule has 0 aliphatic heterocycles. The third-order valence-electron chi connectivity index (χ3n) is 4.84. The van der Waals surface area contributed by atoms with Crippen LogP contribution in [0.4, 0.5) is 0 Å². The summed E-state index contributed by atoms with van der Waals surface area (Å²) in [5, 5.41) is 20.6. The Morgan fingerprint density at radius 2 is 1.50 bits per heavy atom. The van der Waals surface area contributed by atoms with Crippen molar-refractivity contribution in [3.63, 3.8) is 0 Å². The molecule has 0 aliphatic rings. The molecule has 0 radical (unpaired) electrons. The summed E-state index contributed by atoms with van der Waals surface area (Å²) in [6, 6.07) is 20.0. The Balaban J connectivity index is 2.17. The van der Waals surface area contributed by atoms with Crippen LogP contribution in [0.15, 0.2) is 65.1 Å². The van der Waals surface area contributed by atoms with Gasteiger partial charge in [-0.3, -0.25) is 15.4 Å². The van der Waals surface area contributed by atoms with Crippen molar-refractivity contribution in [1.82, 2.24) is 4.57 Å². The zero-order valence-corrected chi connectivity index (χ0v) is 16.2. The number of hydrogen-bond acceptors (Lipinski definition) is 2. The lowest BCUT2D eigenvalue weighted by Gasteiger charge is -2.18. The first-order valence-electron chi connectivity index (χ1n) is 8.42. The molecular weight excluding hydrogens is 386 g/mol. The van der Waals surface area contributed by atoms with Crippen LogP contribution >= 0.6 is 15.9 Å². The lowest BCUT2D eigenvalue weighted by Crippen LogP contribution is -2.29. The van der Waals surface area contributed by atoms with E-state index in [9.17, 15) is 0 Å². The SMILES string of the molecule is Cc1cccc(C)c1C(=N)n1c(=N)c2ccccc2c2cc(Br)ccc21. The van der Waals surface area contributed by atoms with Crippen LogP contribution in [0.3, 0.4) is 0 Å². The summed E-state index contributed by atoms with van der Waals surface area (Å²) in [6.07, 6.45) is 0. The first-order chi connectivity index (χ1) is 12.5. The molecule has 1 heterocycles. The molecule has 0 saturated carbocycles. The number of aromatic nitrogens is 1. The first-order valence-corrected chi connectivity index (χ1v) is 9.21. The van der Waals surface area contributed by atoms with Gasteiger partial charge in [-0.15, -0.1) is 0 Å². The Hall–Kier alpha value is -2.72. The van der Waals surface area contributed by atoms with Crippen LogP contribution < -0.4 is 5.49 Å². The summed E-state index contributed by atoms with van der Waals surface area (Å²) in [5.41, 5.74) is 4.17. The van der Waals surface area contributed by atoms with E-state index in [1.165, 1.54) is 0 Å². The molecule has 4 rings (SSSR count). The molecule has 1 aromatic heterocycles. The fourth-order valence-corrected chi connectivity index (χ4v) is 3.98. The van der Waals surface area contributed by atoms with E-state index in [1.54, 1.807) is 4.57 Å². The third kappa shape index (κ3) is 2.49. The predicted molar refractivity (Wildman–Crippen MR) is 111 cm³/mol. The topological polar surface area (TPSA) is 52.6 Å².